The number of allylic oxidation sites excluding steroid dienone is 1. The quantitative estimate of drug-likeness (QED) is 0.182. The standard InChI is InChI=1S/C14H11ClF3NO2.C9H14O4/c1-3-21-7(2)8-6-19-12-10(15)5-4-9(14(16,17)18)11(12)13(8)20;1-4-7(8(10)12-5-2)9(11)13-6-3/h4-6H,2-3H2,1H3,(H,19,20);4H,5-6H2,1-3H3. The summed E-state index contributed by atoms with van der Waals surface area (Å²) in [5.41, 5.74) is -2.04. The Balaban J connectivity index is 0.000000385. The maximum atomic E-state index is 13.1. The van der Waals surface area contributed by atoms with Gasteiger partial charge in [0.05, 0.1) is 46.9 Å². The highest BCUT2D eigenvalue weighted by molar-refractivity contribution is 6.35. The normalized spacial score (nSPS) is 10.6. The maximum Gasteiger partial charge on any atom is 0.417 e. The number of hydrogen-bond donors (Lipinski definition) is 1. The molecule has 2 aromatic rings. The van der Waals surface area contributed by atoms with E-state index in [4.69, 9.17) is 16.3 Å². The predicted octanol–water partition coefficient (Wildman–Crippen LogP) is 5.27. The van der Waals surface area contributed by atoms with Gasteiger partial charge in [-0.25, -0.2) is 9.59 Å². The molecule has 0 amide bonds. The minimum absolute atomic E-state index is 0.00810. The lowest BCUT2D eigenvalue weighted by molar-refractivity contribution is -0.146. The van der Waals surface area contributed by atoms with Gasteiger partial charge in [0.15, 0.2) is 0 Å². The number of nitrogens with one attached hydrogen (secondary N) is 1. The number of aromatic nitrogens is 1. The van der Waals surface area contributed by atoms with E-state index in [0.717, 1.165) is 12.1 Å². The monoisotopic (exact) mass is 503 g/mol. The minimum atomic E-state index is -4.67. The van der Waals surface area contributed by atoms with Crippen molar-refractivity contribution in [3.8, 4) is 0 Å². The molecule has 0 saturated heterocycles. The third-order valence-electron chi connectivity index (χ3n) is 4.19. The Bertz CT molecular complexity index is 1120. The van der Waals surface area contributed by atoms with Crippen molar-refractivity contribution >= 4 is 40.2 Å². The Kier molecular flexibility index (Phi) is 10.9. The van der Waals surface area contributed by atoms with Crippen LogP contribution in [0, 0.1) is 0 Å². The van der Waals surface area contributed by atoms with E-state index in [1.54, 1.807) is 27.7 Å². The molecule has 0 saturated carbocycles. The zero-order valence-corrected chi connectivity index (χ0v) is 19.9. The molecule has 0 aliphatic heterocycles. The third kappa shape index (κ3) is 7.11. The summed E-state index contributed by atoms with van der Waals surface area (Å²) in [5.74, 6) is -1.26. The van der Waals surface area contributed by atoms with Gasteiger partial charge in [-0.1, -0.05) is 24.3 Å². The largest absolute Gasteiger partial charge is 0.494 e. The first kappa shape index (κ1) is 28.8. The molecule has 0 atom stereocenters. The lowest BCUT2D eigenvalue weighted by atomic mass is 10.0. The van der Waals surface area contributed by atoms with Gasteiger partial charge in [-0.2, -0.15) is 13.2 Å². The van der Waals surface area contributed by atoms with Gasteiger partial charge >= 0.3 is 18.1 Å². The van der Waals surface area contributed by atoms with Gasteiger partial charge in [0.1, 0.15) is 11.3 Å². The van der Waals surface area contributed by atoms with Crippen molar-refractivity contribution in [3.63, 3.8) is 0 Å². The molecule has 1 aromatic carbocycles. The number of halogens is 4. The number of fused-ring (bicyclic) bond motifs is 1. The van der Waals surface area contributed by atoms with Gasteiger partial charge in [-0.15, -0.1) is 0 Å². The fraction of sp³-hybridized carbons (Fsp3) is 0.348. The summed E-state index contributed by atoms with van der Waals surface area (Å²) in [6.45, 7) is 10.9. The average Bonchev–Trinajstić information content (AvgIpc) is 2.75. The molecule has 7 nitrogen and oxygen atoms in total. The minimum Gasteiger partial charge on any atom is -0.494 e. The molecule has 1 N–H and O–H groups in total. The van der Waals surface area contributed by atoms with Crippen LogP contribution in [0.15, 0.2) is 41.4 Å². The van der Waals surface area contributed by atoms with Crippen molar-refractivity contribution in [2.45, 2.75) is 33.9 Å². The smallest absolute Gasteiger partial charge is 0.417 e. The van der Waals surface area contributed by atoms with E-state index in [1.165, 1.54) is 12.3 Å². The number of pyridine rings is 1. The molecular weight excluding hydrogens is 479 g/mol. The number of benzene rings is 1. The zero-order valence-electron chi connectivity index (χ0n) is 19.1. The van der Waals surface area contributed by atoms with Gasteiger partial charge in [0.25, 0.3) is 0 Å². The van der Waals surface area contributed by atoms with Crippen LogP contribution in [-0.2, 0) is 30.0 Å². The Morgan fingerprint density at radius 3 is 2.03 bits per heavy atom. The summed E-state index contributed by atoms with van der Waals surface area (Å²) >= 11 is 5.85. The molecule has 0 fully saturated rings. The number of H-pyrrole nitrogens is 1. The molecule has 34 heavy (non-hydrogen) atoms. The molecule has 0 aliphatic carbocycles. The van der Waals surface area contributed by atoms with Gasteiger partial charge in [-0.05, 0) is 39.8 Å². The van der Waals surface area contributed by atoms with Crippen LogP contribution in [0.4, 0.5) is 13.2 Å². The molecule has 1 aromatic heterocycles. The lowest BCUT2D eigenvalue weighted by Gasteiger charge is -2.13. The van der Waals surface area contributed by atoms with Crippen molar-refractivity contribution in [3.05, 3.63) is 62.9 Å². The lowest BCUT2D eigenvalue weighted by Crippen LogP contribution is -2.18. The highest BCUT2D eigenvalue weighted by Crippen LogP contribution is 2.35. The molecular formula is C23H25ClF3NO6. The van der Waals surface area contributed by atoms with Crippen molar-refractivity contribution in [1.82, 2.24) is 4.98 Å². The SMILES string of the molecule is C=C(OCC)c1c[nH]c2c(Cl)ccc(C(F)(F)F)c2c1=O.CC=C(C(=O)OCC)C(=O)OCC. The van der Waals surface area contributed by atoms with Crippen molar-refractivity contribution in [1.29, 1.82) is 0 Å². The van der Waals surface area contributed by atoms with E-state index >= 15 is 0 Å². The Hall–Kier alpha value is -3.27. The second-order valence-electron chi connectivity index (χ2n) is 6.37. The van der Waals surface area contributed by atoms with Crippen molar-refractivity contribution in [2.75, 3.05) is 19.8 Å². The van der Waals surface area contributed by atoms with Gasteiger partial charge in [0.2, 0.25) is 5.43 Å². The van der Waals surface area contributed by atoms with Crippen LogP contribution in [0.1, 0.15) is 38.8 Å². The second-order valence-corrected chi connectivity index (χ2v) is 6.78. The van der Waals surface area contributed by atoms with E-state index in [0.29, 0.717) is 0 Å². The molecule has 0 spiro atoms. The number of carbonyl (C=O) groups excluding carboxylic acids is 2. The molecule has 0 aliphatic rings. The van der Waals surface area contributed by atoms with Gasteiger partial charge < -0.3 is 19.2 Å². The average molecular weight is 504 g/mol. The molecule has 0 unspecified atom stereocenters. The number of carbonyl (C=O) groups is 2. The van der Waals surface area contributed by atoms with Crippen molar-refractivity contribution < 1.29 is 37.0 Å². The fourth-order valence-corrected chi connectivity index (χ4v) is 2.94. The number of ether oxygens (including phenoxy) is 3. The first-order valence-electron chi connectivity index (χ1n) is 10.2. The Morgan fingerprint density at radius 1 is 1.06 bits per heavy atom. The summed E-state index contributed by atoms with van der Waals surface area (Å²) in [6, 6.07) is 1.88. The zero-order chi connectivity index (χ0) is 26.1. The van der Waals surface area contributed by atoms with Crippen LogP contribution in [0.5, 0.6) is 0 Å². The highest BCUT2D eigenvalue weighted by Gasteiger charge is 2.34. The summed E-state index contributed by atoms with van der Waals surface area (Å²) in [4.78, 5) is 37.2. The second kappa shape index (κ2) is 12.8. The predicted molar refractivity (Wildman–Crippen MR) is 122 cm³/mol. The molecule has 11 heteroatoms. The van der Waals surface area contributed by atoms with Crippen LogP contribution in [-0.4, -0.2) is 36.7 Å². The molecule has 186 valence electrons. The van der Waals surface area contributed by atoms with E-state index in [9.17, 15) is 27.6 Å². The van der Waals surface area contributed by atoms with Crippen LogP contribution in [0.25, 0.3) is 16.7 Å². The number of hydrogen-bond acceptors (Lipinski definition) is 6. The number of alkyl halides is 3. The van der Waals surface area contributed by atoms with Crippen LogP contribution >= 0.6 is 11.6 Å². The third-order valence-corrected chi connectivity index (χ3v) is 4.51. The van der Waals surface area contributed by atoms with E-state index < -0.39 is 34.5 Å². The Labute approximate surface area is 199 Å². The maximum absolute atomic E-state index is 13.1. The molecule has 0 radical (unpaired) electrons. The summed E-state index contributed by atoms with van der Waals surface area (Å²) in [7, 11) is 0. The van der Waals surface area contributed by atoms with Crippen LogP contribution in [0.2, 0.25) is 5.02 Å². The van der Waals surface area contributed by atoms with Gasteiger partial charge in [0, 0.05) is 6.20 Å². The molecule has 0 bridgehead atoms. The Morgan fingerprint density at radius 2 is 1.59 bits per heavy atom. The van der Waals surface area contributed by atoms with E-state index in [2.05, 4.69) is 21.0 Å². The number of esters is 2. The summed E-state index contributed by atoms with van der Waals surface area (Å²) in [5, 5.41) is -0.489. The fourth-order valence-electron chi connectivity index (χ4n) is 2.73. The van der Waals surface area contributed by atoms with Crippen LogP contribution in [0.3, 0.4) is 0 Å². The highest BCUT2D eigenvalue weighted by atomic mass is 35.5. The first-order valence-corrected chi connectivity index (χ1v) is 10.6. The number of rotatable bonds is 7. The topological polar surface area (TPSA) is 94.7 Å². The summed E-state index contributed by atoms with van der Waals surface area (Å²) < 4.78 is 53.6. The number of aromatic amines is 1. The van der Waals surface area contributed by atoms with E-state index in [-0.39, 0.29) is 47.3 Å². The van der Waals surface area contributed by atoms with Gasteiger partial charge in [-0.3, -0.25) is 4.79 Å². The van der Waals surface area contributed by atoms with E-state index in [1.807, 2.05) is 0 Å². The molecule has 2 rings (SSSR count). The summed E-state index contributed by atoms with van der Waals surface area (Å²) in [6.07, 6.45) is -2.04. The first-order chi connectivity index (χ1) is 15.9. The van der Waals surface area contributed by atoms with Crippen molar-refractivity contribution in [2.24, 2.45) is 0 Å². The molecule has 1 heterocycles. The van der Waals surface area contributed by atoms with Crippen LogP contribution < -0.4 is 5.43 Å².